The van der Waals surface area contributed by atoms with Crippen LogP contribution in [-0.4, -0.2) is 32.9 Å². The number of benzene rings is 1. The standard InChI is InChI=1S/C20H21N3O3S/c1-25-15-7-4-6-14(12-15)19-21-22-20(23(19)13-16-8-5-11-26-16)27-18-10-3-2-9-17(18)24/h4-8,11-12,18H,2-3,9-10,13H2,1H3/t18-/m1/s1. The summed E-state index contributed by atoms with van der Waals surface area (Å²) in [5.74, 6) is 2.62. The van der Waals surface area contributed by atoms with Gasteiger partial charge in [-0.05, 0) is 37.1 Å². The second-order valence-electron chi connectivity index (χ2n) is 6.52. The lowest BCUT2D eigenvalue weighted by atomic mass is 9.99. The molecule has 0 N–H and O–H groups in total. The molecule has 0 bridgehead atoms. The molecule has 0 saturated heterocycles. The lowest BCUT2D eigenvalue weighted by molar-refractivity contribution is -0.119. The van der Waals surface area contributed by atoms with Crippen LogP contribution in [0.3, 0.4) is 0 Å². The number of ether oxygens (including phenoxy) is 1. The van der Waals surface area contributed by atoms with Crippen molar-refractivity contribution in [1.29, 1.82) is 0 Å². The van der Waals surface area contributed by atoms with E-state index in [-0.39, 0.29) is 5.25 Å². The van der Waals surface area contributed by atoms with Crippen molar-refractivity contribution in [1.82, 2.24) is 14.8 Å². The molecule has 140 valence electrons. The van der Waals surface area contributed by atoms with Crippen molar-refractivity contribution in [2.75, 3.05) is 7.11 Å². The molecule has 0 unspecified atom stereocenters. The van der Waals surface area contributed by atoms with Gasteiger partial charge in [0.1, 0.15) is 17.3 Å². The smallest absolute Gasteiger partial charge is 0.192 e. The Morgan fingerprint density at radius 2 is 2.19 bits per heavy atom. The van der Waals surface area contributed by atoms with Crippen molar-refractivity contribution in [2.24, 2.45) is 0 Å². The summed E-state index contributed by atoms with van der Waals surface area (Å²) >= 11 is 1.51. The molecule has 4 rings (SSSR count). The van der Waals surface area contributed by atoms with Gasteiger partial charge in [0.25, 0.3) is 0 Å². The van der Waals surface area contributed by atoms with E-state index in [4.69, 9.17) is 9.15 Å². The monoisotopic (exact) mass is 383 g/mol. The van der Waals surface area contributed by atoms with Crippen LogP contribution in [0.15, 0.2) is 52.2 Å². The van der Waals surface area contributed by atoms with Crippen LogP contribution in [0.2, 0.25) is 0 Å². The van der Waals surface area contributed by atoms with E-state index in [1.807, 2.05) is 41.0 Å². The second-order valence-corrected chi connectivity index (χ2v) is 7.69. The van der Waals surface area contributed by atoms with Gasteiger partial charge in [0, 0.05) is 12.0 Å². The molecule has 2 aromatic heterocycles. The highest BCUT2D eigenvalue weighted by molar-refractivity contribution is 8.00. The van der Waals surface area contributed by atoms with Crippen molar-refractivity contribution in [3.05, 3.63) is 48.4 Å². The Hall–Kier alpha value is -2.54. The van der Waals surface area contributed by atoms with Gasteiger partial charge in [-0.15, -0.1) is 10.2 Å². The van der Waals surface area contributed by atoms with Crippen molar-refractivity contribution < 1.29 is 13.9 Å². The van der Waals surface area contributed by atoms with Crippen LogP contribution in [0.1, 0.15) is 31.4 Å². The summed E-state index contributed by atoms with van der Waals surface area (Å²) in [4.78, 5) is 12.3. The number of nitrogens with zero attached hydrogens (tertiary/aromatic N) is 3. The zero-order chi connectivity index (χ0) is 18.6. The highest BCUT2D eigenvalue weighted by Crippen LogP contribution is 2.33. The molecule has 3 aromatic rings. The summed E-state index contributed by atoms with van der Waals surface area (Å²) in [5, 5.41) is 9.51. The number of ketones is 1. The molecule has 0 aliphatic heterocycles. The Balaban J connectivity index is 1.70. The van der Waals surface area contributed by atoms with Gasteiger partial charge in [-0.3, -0.25) is 9.36 Å². The molecule has 27 heavy (non-hydrogen) atoms. The highest BCUT2D eigenvalue weighted by Gasteiger charge is 2.26. The lowest BCUT2D eigenvalue weighted by Crippen LogP contribution is -2.22. The summed E-state index contributed by atoms with van der Waals surface area (Å²) in [6, 6.07) is 11.5. The largest absolute Gasteiger partial charge is 0.497 e. The van der Waals surface area contributed by atoms with Crippen LogP contribution < -0.4 is 4.74 Å². The van der Waals surface area contributed by atoms with Crippen LogP contribution in [0.5, 0.6) is 5.75 Å². The zero-order valence-corrected chi connectivity index (χ0v) is 15.9. The maximum absolute atomic E-state index is 12.3. The molecule has 0 amide bonds. The van der Waals surface area contributed by atoms with E-state index in [9.17, 15) is 4.79 Å². The Morgan fingerprint density at radius 3 is 2.96 bits per heavy atom. The summed E-state index contributed by atoms with van der Waals surface area (Å²) in [5.41, 5.74) is 0.912. The SMILES string of the molecule is COc1cccc(-c2nnc(S[C@@H]3CCCCC3=O)n2Cc2ccco2)c1. The Labute approximate surface area is 161 Å². The molecule has 7 heteroatoms. The Bertz CT molecular complexity index is 920. The van der Waals surface area contributed by atoms with Gasteiger partial charge < -0.3 is 9.15 Å². The third-order valence-electron chi connectivity index (χ3n) is 4.69. The van der Waals surface area contributed by atoms with E-state index in [0.29, 0.717) is 18.7 Å². The van der Waals surface area contributed by atoms with E-state index in [1.165, 1.54) is 11.8 Å². The van der Waals surface area contributed by atoms with Crippen molar-refractivity contribution in [2.45, 2.75) is 42.6 Å². The number of carbonyl (C=O) groups excluding carboxylic acids is 1. The summed E-state index contributed by atoms with van der Waals surface area (Å²) in [7, 11) is 1.64. The van der Waals surface area contributed by atoms with Gasteiger partial charge >= 0.3 is 0 Å². The minimum Gasteiger partial charge on any atom is -0.497 e. The predicted octanol–water partition coefficient (Wildman–Crippen LogP) is 4.20. The summed E-state index contributed by atoms with van der Waals surface area (Å²) in [6.45, 7) is 0.510. The van der Waals surface area contributed by atoms with Crippen LogP contribution in [-0.2, 0) is 11.3 Å². The van der Waals surface area contributed by atoms with E-state index >= 15 is 0 Å². The lowest BCUT2D eigenvalue weighted by Gasteiger charge is -2.19. The average Bonchev–Trinajstić information content (AvgIpc) is 3.35. The van der Waals surface area contributed by atoms with Crippen molar-refractivity contribution in [3.63, 3.8) is 0 Å². The molecule has 1 aliphatic rings. The molecule has 0 radical (unpaired) electrons. The van der Waals surface area contributed by atoms with Gasteiger partial charge in [-0.1, -0.05) is 30.3 Å². The first-order valence-corrected chi connectivity index (χ1v) is 9.92. The van der Waals surface area contributed by atoms with Crippen LogP contribution in [0.4, 0.5) is 0 Å². The Kier molecular flexibility index (Phi) is 5.29. The molecular weight excluding hydrogens is 362 g/mol. The fourth-order valence-corrected chi connectivity index (χ4v) is 4.41. The van der Waals surface area contributed by atoms with Crippen LogP contribution >= 0.6 is 11.8 Å². The maximum Gasteiger partial charge on any atom is 0.192 e. The van der Waals surface area contributed by atoms with E-state index in [0.717, 1.165) is 47.3 Å². The second kappa shape index (κ2) is 8.00. The van der Waals surface area contributed by atoms with Gasteiger partial charge in [-0.25, -0.2) is 0 Å². The molecule has 1 atom stereocenters. The Morgan fingerprint density at radius 1 is 1.26 bits per heavy atom. The molecule has 1 fully saturated rings. The molecule has 6 nitrogen and oxygen atoms in total. The number of methoxy groups -OCH3 is 1. The minimum absolute atomic E-state index is 0.0449. The molecule has 1 aliphatic carbocycles. The van der Waals surface area contributed by atoms with E-state index in [1.54, 1.807) is 13.4 Å². The summed E-state index contributed by atoms with van der Waals surface area (Å²) < 4.78 is 12.9. The highest BCUT2D eigenvalue weighted by atomic mass is 32.2. The first-order valence-electron chi connectivity index (χ1n) is 9.04. The van der Waals surface area contributed by atoms with Crippen molar-refractivity contribution in [3.8, 4) is 17.1 Å². The number of carbonyl (C=O) groups is 1. The number of hydrogen-bond acceptors (Lipinski definition) is 6. The van der Waals surface area contributed by atoms with E-state index < -0.39 is 0 Å². The molecule has 1 saturated carbocycles. The van der Waals surface area contributed by atoms with Gasteiger partial charge in [0.15, 0.2) is 11.0 Å². The third-order valence-corrected chi connectivity index (χ3v) is 5.98. The quantitative estimate of drug-likeness (QED) is 0.635. The number of aromatic nitrogens is 3. The van der Waals surface area contributed by atoms with Gasteiger partial charge in [0.05, 0.1) is 25.2 Å². The van der Waals surface area contributed by atoms with Gasteiger partial charge in [0.2, 0.25) is 0 Å². The number of thioether (sulfide) groups is 1. The molecule has 1 aromatic carbocycles. The normalized spacial score (nSPS) is 17.2. The predicted molar refractivity (Wildman–Crippen MR) is 103 cm³/mol. The van der Waals surface area contributed by atoms with Crippen LogP contribution in [0, 0.1) is 0 Å². The number of hydrogen-bond donors (Lipinski definition) is 0. The number of Topliss-reactive ketones (excluding diaryl/α,β-unsaturated/α-hetero) is 1. The zero-order valence-electron chi connectivity index (χ0n) is 15.1. The third kappa shape index (κ3) is 3.93. The minimum atomic E-state index is -0.0449. The first-order chi connectivity index (χ1) is 13.2. The molecule has 2 heterocycles. The maximum atomic E-state index is 12.3. The first kappa shape index (κ1) is 17.9. The number of rotatable bonds is 6. The van der Waals surface area contributed by atoms with Crippen molar-refractivity contribution >= 4 is 17.5 Å². The van der Waals surface area contributed by atoms with Crippen LogP contribution in [0.25, 0.3) is 11.4 Å². The average molecular weight is 383 g/mol. The summed E-state index contributed by atoms with van der Waals surface area (Å²) in [6.07, 6.45) is 5.28. The fraction of sp³-hybridized carbons (Fsp3) is 0.350. The number of furan rings is 1. The topological polar surface area (TPSA) is 70.2 Å². The molecule has 0 spiro atoms. The van der Waals surface area contributed by atoms with E-state index in [2.05, 4.69) is 10.2 Å². The van der Waals surface area contributed by atoms with Gasteiger partial charge in [-0.2, -0.15) is 0 Å². The molecular formula is C20H21N3O3S. The fourth-order valence-electron chi connectivity index (χ4n) is 3.26.